The zero-order valence-electron chi connectivity index (χ0n) is 8.11. The molecule has 0 heterocycles. The highest BCUT2D eigenvalue weighted by molar-refractivity contribution is 6.82. The van der Waals surface area contributed by atoms with Crippen LogP contribution in [0.4, 0.5) is 0 Å². The maximum atomic E-state index is 3.94. The average molecular weight is 171 g/mol. The van der Waals surface area contributed by atoms with Crippen LogP contribution in [0.1, 0.15) is 26.7 Å². The van der Waals surface area contributed by atoms with Gasteiger partial charge in [-0.15, -0.1) is 6.58 Å². The lowest BCUT2D eigenvalue weighted by molar-refractivity contribution is 0.937. The van der Waals surface area contributed by atoms with Crippen molar-refractivity contribution in [1.82, 2.24) is 4.98 Å². The second-order valence-corrected chi connectivity index (χ2v) is 7.33. The van der Waals surface area contributed by atoms with Crippen LogP contribution in [0.15, 0.2) is 12.3 Å². The molecular weight excluding hydrogens is 150 g/mol. The van der Waals surface area contributed by atoms with E-state index in [1.54, 1.807) is 0 Å². The van der Waals surface area contributed by atoms with E-state index in [1.807, 2.05) is 0 Å². The van der Waals surface area contributed by atoms with Gasteiger partial charge in [-0.2, -0.15) is 0 Å². The van der Waals surface area contributed by atoms with Crippen molar-refractivity contribution in [2.24, 2.45) is 0 Å². The summed E-state index contributed by atoms with van der Waals surface area (Å²) in [6.07, 6.45) is 2.55. The standard InChI is InChI=1S/C9H21NSi/c1-5-8-11(7-3,10-4)9-6-2/h7,10H,3,5-6,8-9H2,1-2,4H3. The van der Waals surface area contributed by atoms with Crippen LogP contribution in [-0.4, -0.2) is 15.3 Å². The summed E-state index contributed by atoms with van der Waals surface area (Å²) < 4.78 is 0. The van der Waals surface area contributed by atoms with Gasteiger partial charge < -0.3 is 4.98 Å². The Morgan fingerprint density at radius 2 is 1.73 bits per heavy atom. The van der Waals surface area contributed by atoms with Gasteiger partial charge in [-0.1, -0.05) is 32.4 Å². The van der Waals surface area contributed by atoms with Gasteiger partial charge in [0.25, 0.3) is 0 Å². The third-order valence-electron chi connectivity index (χ3n) is 2.28. The van der Waals surface area contributed by atoms with Crippen LogP contribution >= 0.6 is 0 Å². The second kappa shape index (κ2) is 5.55. The molecule has 0 aromatic heterocycles. The summed E-state index contributed by atoms with van der Waals surface area (Å²) in [7, 11) is 0.853. The van der Waals surface area contributed by atoms with Crippen LogP contribution in [-0.2, 0) is 0 Å². The number of hydrogen-bond donors (Lipinski definition) is 1. The van der Waals surface area contributed by atoms with Crippen molar-refractivity contribution in [2.45, 2.75) is 38.8 Å². The molecule has 11 heavy (non-hydrogen) atoms. The highest BCUT2D eigenvalue weighted by atomic mass is 28.3. The van der Waals surface area contributed by atoms with Gasteiger partial charge in [-0.25, -0.2) is 0 Å². The van der Waals surface area contributed by atoms with E-state index in [-0.39, 0.29) is 0 Å². The monoisotopic (exact) mass is 171 g/mol. The van der Waals surface area contributed by atoms with Crippen molar-refractivity contribution < 1.29 is 0 Å². The second-order valence-electron chi connectivity index (χ2n) is 3.11. The molecule has 1 N–H and O–H groups in total. The Hall–Kier alpha value is -0.0831. The quantitative estimate of drug-likeness (QED) is 0.606. The summed E-state index contributed by atoms with van der Waals surface area (Å²) in [5.74, 6) is 0. The summed E-state index contributed by atoms with van der Waals surface area (Å²) in [5.41, 5.74) is 2.19. The lowest BCUT2D eigenvalue weighted by Crippen LogP contribution is -2.46. The predicted molar refractivity (Wildman–Crippen MR) is 55.2 cm³/mol. The van der Waals surface area contributed by atoms with E-state index >= 15 is 0 Å². The molecule has 0 rings (SSSR count). The summed E-state index contributed by atoms with van der Waals surface area (Å²) in [6, 6.07) is 2.67. The molecule has 0 atom stereocenters. The van der Waals surface area contributed by atoms with Crippen molar-refractivity contribution >= 4 is 8.24 Å². The zero-order chi connectivity index (χ0) is 8.74. The molecule has 66 valence electrons. The molecule has 0 spiro atoms. The minimum Gasteiger partial charge on any atom is -0.337 e. The first kappa shape index (κ1) is 10.9. The predicted octanol–water partition coefficient (Wildman–Crippen LogP) is 2.70. The summed E-state index contributed by atoms with van der Waals surface area (Å²) in [4.78, 5) is 3.49. The first-order chi connectivity index (χ1) is 5.24. The van der Waals surface area contributed by atoms with E-state index in [1.165, 1.54) is 24.9 Å². The van der Waals surface area contributed by atoms with E-state index in [0.29, 0.717) is 0 Å². The molecule has 0 aliphatic heterocycles. The molecule has 0 aliphatic rings. The van der Waals surface area contributed by atoms with Crippen molar-refractivity contribution in [3.05, 3.63) is 12.3 Å². The Morgan fingerprint density at radius 3 is 1.91 bits per heavy atom. The normalized spacial score (nSPS) is 11.5. The molecule has 0 bridgehead atoms. The van der Waals surface area contributed by atoms with Crippen molar-refractivity contribution in [3.63, 3.8) is 0 Å². The smallest absolute Gasteiger partial charge is 0.149 e. The van der Waals surface area contributed by atoms with Crippen LogP contribution in [0.3, 0.4) is 0 Å². The van der Waals surface area contributed by atoms with Gasteiger partial charge >= 0.3 is 0 Å². The van der Waals surface area contributed by atoms with Crippen LogP contribution < -0.4 is 4.98 Å². The molecule has 2 heteroatoms. The highest BCUT2D eigenvalue weighted by Gasteiger charge is 2.24. The fraction of sp³-hybridized carbons (Fsp3) is 0.778. The zero-order valence-corrected chi connectivity index (χ0v) is 9.11. The third-order valence-corrected chi connectivity index (χ3v) is 6.84. The lowest BCUT2D eigenvalue weighted by Gasteiger charge is -2.26. The van der Waals surface area contributed by atoms with Gasteiger partial charge in [0.2, 0.25) is 0 Å². The Labute approximate surface area is 72.0 Å². The van der Waals surface area contributed by atoms with E-state index in [4.69, 9.17) is 0 Å². The number of hydrogen-bond acceptors (Lipinski definition) is 1. The Balaban J connectivity index is 4.07. The van der Waals surface area contributed by atoms with Crippen molar-refractivity contribution in [1.29, 1.82) is 0 Å². The van der Waals surface area contributed by atoms with E-state index in [9.17, 15) is 0 Å². The van der Waals surface area contributed by atoms with E-state index in [0.717, 1.165) is 0 Å². The Bertz CT molecular complexity index is 106. The molecule has 0 saturated carbocycles. The van der Waals surface area contributed by atoms with Gasteiger partial charge in [0.1, 0.15) is 8.24 Å². The first-order valence-corrected chi connectivity index (χ1v) is 7.06. The van der Waals surface area contributed by atoms with Gasteiger partial charge in [0.15, 0.2) is 0 Å². The molecule has 0 aromatic rings. The largest absolute Gasteiger partial charge is 0.337 e. The fourth-order valence-corrected chi connectivity index (χ4v) is 4.72. The average Bonchev–Trinajstić information content (AvgIpc) is 2.04. The molecule has 0 saturated heterocycles. The summed E-state index contributed by atoms with van der Waals surface area (Å²) >= 11 is 0. The van der Waals surface area contributed by atoms with Crippen LogP contribution in [0, 0.1) is 0 Å². The van der Waals surface area contributed by atoms with Crippen molar-refractivity contribution in [2.75, 3.05) is 7.05 Å². The Morgan fingerprint density at radius 1 is 1.27 bits per heavy atom. The lowest BCUT2D eigenvalue weighted by atomic mass is 10.6. The minimum absolute atomic E-state index is 1.23. The van der Waals surface area contributed by atoms with Crippen LogP contribution in [0.5, 0.6) is 0 Å². The fourth-order valence-electron chi connectivity index (χ4n) is 1.57. The first-order valence-electron chi connectivity index (χ1n) is 4.57. The van der Waals surface area contributed by atoms with Gasteiger partial charge in [-0.05, 0) is 19.1 Å². The third kappa shape index (κ3) is 3.21. The number of rotatable bonds is 6. The van der Waals surface area contributed by atoms with Gasteiger partial charge in [0.05, 0.1) is 0 Å². The highest BCUT2D eigenvalue weighted by Crippen LogP contribution is 2.16. The maximum absolute atomic E-state index is 3.94. The molecule has 0 amide bonds. The molecule has 1 nitrogen and oxygen atoms in total. The molecule has 0 aliphatic carbocycles. The molecule has 0 radical (unpaired) electrons. The van der Waals surface area contributed by atoms with E-state index in [2.05, 4.69) is 38.2 Å². The Kier molecular flexibility index (Phi) is 5.51. The van der Waals surface area contributed by atoms with Crippen molar-refractivity contribution in [3.8, 4) is 0 Å². The van der Waals surface area contributed by atoms with Gasteiger partial charge in [-0.3, -0.25) is 0 Å². The molecule has 0 aromatic carbocycles. The topological polar surface area (TPSA) is 12.0 Å². The minimum atomic E-state index is -1.23. The molecule has 0 unspecified atom stereocenters. The van der Waals surface area contributed by atoms with Crippen LogP contribution in [0.2, 0.25) is 12.1 Å². The maximum Gasteiger partial charge on any atom is 0.149 e. The summed E-state index contributed by atoms with van der Waals surface area (Å²) in [6.45, 7) is 8.44. The van der Waals surface area contributed by atoms with E-state index < -0.39 is 8.24 Å². The number of nitrogens with one attached hydrogen (secondary N) is 1. The molecular formula is C9H21NSi. The molecule has 0 fully saturated rings. The van der Waals surface area contributed by atoms with Gasteiger partial charge in [0, 0.05) is 0 Å². The SMILES string of the molecule is C=C[Si](CCC)(CCC)NC. The summed E-state index contributed by atoms with van der Waals surface area (Å²) in [5, 5.41) is 0. The van der Waals surface area contributed by atoms with Crippen LogP contribution in [0.25, 0.3) is 0 Å².